The van der Waals surface area contributed by atoms with Gasteiger partial charge in [-0.3, -0.25) is 0 Å². The summed E-state index contributed by atoms with van der Waals surface area (Å²) in [4.78, 5) is 0. The van der Waals surface area contributed by atoms with Gasteiger partial charge in [0.2, 0.25) is 0 Å². The number of hydrogen-bond donors (Lipinski definition) is 0. The SMILES string of the molecule is CC1CCC[C@H](F)C1. The van der Waals surface area contributed by atoms with Crippen LogP contribution in [0.4, 0.5) is 4.39 Å². The first-order chi connectivity index (χ1) is 3.79. The molecule has 0 spiro atoms. The second-order valence-corrected chi connectivity index (χ2v) is 2.87. The normalized spacial score (nSPS) is 39.8. The third-order valence-corrected chi connectivity index (χ3v) is 1.87. The summed E-state index contributed by atoms with van der Waals surface area (Å²) >= 11 is 0. The fraction of sp³-hybridized carbons (Fsp3) is 1.00. The number of alkyl halides is 1. The maximum atomic E-state index is 12.4. The predicted octanol–water partition coefficient (Wildman–Crippen LogP) is 2.53. The molecule has 1 unspecified atom stereocenters. The lowest BCUT2D eigenvalue weighted by Crippen LogP contribution is -2.12. The molecule has 0 saturated heterocycles. The second kappa shape index (κ2) is 2.47. The Morgan fingerprint density at radius 2 is 2.12 bits per heavy atom. The van der Waals surface area contributed by atoms with E-state index in [-0.39, 0.29) is 0 Å². The van der Waals surface area contributed by atoms with Crippen LogP contribution in [0.25, 0.3) is 0 Å². The lowest BCUT2D eigenvalue weighted by Gasteiger charge is -2.20. The van der Waals surface area contributed by atoms with E-state index in [9.17, 15) is 4.39 Å². The second-order valence-electron chi connectivity index (χ2n) is 2.87. The highest BCUT2D eigenvalue weighted by molar-refractivity contribution is 4.68. The van der Waals surface area contributed by atoms with Crippen LogP contribution in [0.2, 0.25) is 0 Å². The van der Waals surface area contributed by atoms with Gasteiger partial charge >= 0.3 is 0 Å². The molecule has 0 amide bonds. The van der Waals surface area contributed by atoms with Gasteiger partial charge in [-0.15, -0.1) is 0 Å². The van der Waals surface area contributed by atoms with Crippen molar-refractivity contribution >= 4 is 0 Å². The van der Waals surface area contributed by atoms with Gasteiger partial charge in [-0.05, 0) is 18.8 Å². The van der Waals surface area contributed by atoms with Crippen molar-refractivity contribution in [3.63, 3.8) is 0 Å². The number of hydrogen-bond acceptors (Lipinski definition) is 0. The minimum absolute atomic E-state index is 0.487. The average molecular weight is 116 g/mol. The van der Waals surface area contributed by atoms with Gasteiger partial charge in [0.05, 0.1) is 0 Å². The smallest absolute Gasteiger partial charge is 0.100 e. The average Bonchev–Trinajstić information content (AvgIpc) is 1.64. The van der Waals surface area contributed by atoms with E-state index in [4.69, 9.17) is 0 Å². The lowest BCUT2D eigenvalue weighted by atomic mass is 9.90. The molecule has 48 valence electrons. The Morgan fingerprint density at radius 3 is 2.50 bits per heavy atom. The molecule has 0 N–H and O–H groups in total. The van der Waals surface area contributed by atoms with Gasteiger partial charge in [0, 0.05) is 0 Å². The Labute approximate surface area is 50.1 Å². The highest BCUT2D eigenvalue weighted by atomic mass is 19.1. The lowest BCUT2D eigenvalue weighted by molar-refractivity contribution is 0.208. The van der Waals surface area contributed by atoms with Gasteiger partial charge in [0.25, 0.3) is 0 Å². The zero-order chi connectivity index (χ0) is 5.98. The molecule has 1 fully saturated rings. The molecule has 1 aliphatic rings. The van der Waals surface area contributed by atoms with Crippen LogP contribution in [0.15, 0.2) is 0 Å². The van der Waals surface area contributed by atoms with Crippen molar-refractivity contribution in [3.8, 4) is 0 Å². The van der Waals surface area contributed by atoms with Crippen molar-refractivity contribution in [2.75, 3.05) is 0 Å². The van der Waals surface area contributed by atoms with Crippen LogP contribution in [-0.2, 0) is 0 Å². The van der Waals surface area contributed by atoms with Crippen molar-refractivity contribution in [3.05, 3.63) is 0 Å². The first-order valence-corrected chi connectivity index (χ1v) is 3.43. The fourth-order valence-corrected chi connectivity index (χ4v) is 1.36. The van der Waals surface area contributed by atoms with Gasteiger partial charge in [0.15, 0.2) is 0 Å². The summed E-state index contributed by atoms with van der Waals surface area (Å²) < 4.78 is 12.4. The monoisotopic (exact) mass is 116 g/mol. The first kappa shape index (κ1) is 6.06. The Bertz CT molecular complexity index is 62.8. The Kier molecular flexibility index (Phi) is 1.87. The van der Waals surface area contributed by atoms with Crippen LogP contribution in [0.1, 0.15) is 32.6 Å². The van der Waals surface area contributed by atoms with E-state index >= 15 is 0 Å². The van der Waals surface area contributed by atoms with E-state index < -0.39 is 6.17 Å². The van der Waals surface area contributed by atoms with Crippen LogP contribution < -0.4 is 0 Å². The molecular formula is C7H13F. The summed E-state index contributed by atoms with van der Waals surface area (Å²) in [6.45, 7) is 2.13. The van der Waals surface area contributed by atoms with Gasteiger partial charge in [-0.2, -0.15) is 0 Å². The van der Waals surface area contributed by atoms with Crippen molar-refractivity contribution in [1.29, 1.82) is 0 Å². The summed E-state index contributed by atoms with van der Waals surface area (Å²) in [7, 11) is 0. The van der Waals surface area contributed by atoms with E-state index in [0.29, 0.717) is 5.92 Å². The van der Waals surface area contributed by atoms with Gasteiger partial charge in [-0.1, -0.05) is 19.8 Å². The molecule has 1 saturated carbocycles. The van der Waals surface area contributed by atoms with E-state index in [0.717, 1.165) is 19.3 Å². The third kappa shape index (κ3) is 1.46. The molecule has 0 aromatic rings. The molecule has 8 heavy (non-hydrogen) atoms. The summed E-state index contributed by atoms with van der Waals surface area (Å²) in [5, 5.41) is 0. The quantitative estimate of drug-likeness (QED) is 0.456. The maximum absolute atomic E-state index is 12.4. The van der Waals surface area contributed by atoms with E-state index in [2.05, 4.69) is 6.92 Å². The molecule has 2 atom stereocenters. The summed E-state index contributed by atoms with van der Waals surface area (Å²) in [5.74, 6) is 0.638. The number of halogens is 1. The summed E-state index contributed by atoms with van der Waals surface area (Å²) in [6, 6.07) is 0. The molecule has 0 aromatic heterocycles. The molecule has 0 heterocycles. The molecule has 0 bridgehead atoms. The fourth-order valence-electron chi connectivity index (χ4n) is 1.36. The van der Waals surface area contributed by atoms with Crippen LogP contribution in [0.3, 0.4) is 0 Å². The Morgan fingerprint density at radius 1 is 1.38 bits per heavy atom. The molecule has 0 nitrogen and oxygen atoms in total. The Balaban J connectivity index is 2.23. The predicted molar refractivity (Wildman–Crippen MR) is 32.5 cm³/mol. The zero-order valence-electron chi connectivity index (χ0n) is 5.36. The van der Waals surface area contributed by atoms with Crippen molar-refractivity contribution in [2.45, 2.75) is 38.8 Å². The van der Waals surface area contributed by atoms with Crippen molar-refractivity contribution in [1.82, 2.24) is 0 Å². The van der Waals surface area contributed by atoms with Crippen LogP contribution in [0.5, 0.6) is 0 Å². The minimum atomic E-state index is -0.487. The van der Waals surface area contributed by atoms with E-state index in [1.165, 1.54) is 6.42 Å². The van der Waals surface area contributed by atoms with E-state index in [1.54, 1.807) is 0 Å². The number of rotatable bonds is 0. The molecular weight excluding hydrogens is 103 g/mol. The summed E-state index contributed by atoms with van der Waals surface area (Å²) in [6.07, 6.45) is 3.46. The molecule has 1 heteroatoms. The zero-order valence-corrected chi connectivity index (χ0v) is 5.36. The largest absolute Gasteiger partial charge is 0.247 e. The Hall–Kier alpha value is -0.0700. The first-order valence-electron chi connectivity index (χ1n) is 3.43. The highest BCUT2D eigenvalue weighted by Crippen LogP contribution is 2.25. The molecule has 0 aliphatic heterocycles. The minimum Gasteiger partial charge on any atom is -0.247 e. The standard InChI is InChI=1S/C7H13F/c1-6-3-2-4-7(8)5-6/h6-7H,2-5H2,1H3/t6?,7-/m0/s1. The van der Waals surface area contributed by atoms with Crippen molar-refractivity contribution in [2.24, 2.45) is 5.92 Å². The molecule has 1 aliphatic carbocycles. The maximum Gasteiger partial charge on any atom is 0.100 e. The van der Waals surface area contributed by atoms with Crippen LogP contribution >= 0.6 is 0 Å². The molecule has 1 rings (SSSR count). The van der Waals surface area contributed by atoms with Crippen LogP contribution in [-0.4, -0.2) is 6.17 Å². The van der Waals surface area contributed by atoms with Gasteiger partial charge in [0.1, 0.15) is 6.17 Å². The third-order valence-electron chi connectivity index (χ3n) is 1.87. The molecule has 0 radical (unpaired) electrons. The topological polar surface area (TPSA) is 0 Å². The van der Waals surface area contributed by atoms with E-state index in [1.807, 2.05) is 0 Å². The summed E-state index contributed by atoms with van der Waals surface area (Å²) in [5.41, 5.74) is 0. The highest BCUT2D eigenvalue weighted by Gasteiger charge is 2.16. The molecule has 0 aromatic carbocycles. The van der Waals surface area contributed by atoms with Crippen LogP contribution in [0, 0.1) is 5.92 Å². The van der Waals surface area contributed by atoms with Gasteiger partial charge in [-0.25, -0.2) is 4.39 Å². The van der Waals surface area contributed by atoms with Gasteiger partial charge < -0.3 is 0 Å². The van der Waals surface area contributed by atoms with Crippen molar-refractivity contribution < 1.29 is 4.39 Å².